The molecule has 0 aliphatic heterocycles. The van der Waals surface area contributed by atoms with E-state index in [-0.39, 0.29) is 15.4 Å². The van der Waals surface area contributed by atoms with E-state index < -0.39 is 0 Å². The van der Waals surface area contributed by atoms with Gasteiger partial charge in [0.25, 0.3) is 0 Å². The minimum atomic E-state index is -0.183. The molecule has 0 fully saturated rings. The van der Waals surface area contributed by atoms with Crippen LogP contribution in [0.15, 0.2) is 36.4 Å². The lowest BCUT2D eigenvalue weighted by Gasteiger charge is -2.17. The molecular weight excluding hydrogens is 492 g/mol. The summed E-state index contributed by atoms with van der Waals surface area (Å²) in [5, 5.41) is 0. The van der Waals surface area contributed by atoms with Gasteiger partial charge in [0.05, 0.1) is 38.1 Å². The fraction of sp³-hybridized carbons (Fsp3) is 0.381. The van der Waals surface area contributed by atoms with Gasteiger partial charge in [0.15, 0.2) is 0 Å². The Morgan fingerprint density at radius 2 is 1.14 bits per heavy atom. The number of carbonyl (C=O) groups excluding carboxylic acids is 1. The van der Waals surface area contributed by atoms with E-state index in [1.807, 2.05) is 36.4 Å². The van der Waals surface area contributed by atoms with Gasteiger partial charge in [-0.25, -0.2) is 0 Å². The summed E-state index contributed by atoms with van der Waals surface area (Å²) in [7, 11) is 6.43. The highest BCUT2D eigenvalue weighted by Crippen LogP contribution is 2.40. The minimum Gasteiger partial charge on any atom is -0.497 e. The van der Waals surface area contributed by atoms with Crippen molar-refractivity contribution in [2.45, 2.75) is 22.5 Å². The van der Waals surface area contributed by atoms with Crippen molar-refractivity contribution in [1.82, 2.24) is 0 Å². The number of Topliss-reactive ketones (excluding diaryl/α,β-unsaturated/α-hetero) is 1. The van der Waals surface area contributed by atoms with Gasteiger partial charge in [0.1, 0.15) is 28.8 Å². The molecule has 5 nitrogen and oxygen atoms in total. The molecule has 0 N–H and O–H groups in total. The molecule has 7 heteroatoms. The van der Waals surface area contributed by atoms with Crippen LogP contribution in [-0.4, -0.2) is 34.2 Å². The Kier molecular flexibility index (Phi) is 8.63. The lowest BCUT2D eigenvalue weighted by molar-refractivity contribution is -0.119. The van der Waals surface area contributed by atoms with Crippen LogP contribution < -0.4 is 18.9 Å². The molecule has 2 atom stereocenters. The summed E-state index contributed by atoms with van der Waals surface area (Å²) in [4.78, 5) is 12.3. The number of hydrogen-bond donors (Lipinski definition) is 0. The van der Waals surface area contributed by atoms with Crippen LogP contribution in [0.5, 0.6) is 23.0 Å². The standard InChI is InChI=1S/C21H24Br2O5/c1-25-14-5-7-20(27-3)16(11-14)18(22)9-13(24)10-19(23)17-12-15(26-2)6-8-21(17)28-4/h5-8,11-12,18-19H,9-10H2,1-4H3. The van der Waals surface area contributed by atoms with Crippen LogP contribution in [0.2, 0.25) is 0 Å². The Balaban J connectivity index is 2.12. The molecule has 0 spiro atoms. The number of hydrogen-bond acceptors (Lipinski definition) is 5. The average Bonchev–Trinajstić information content (AvgIpc) is 2.72. The molecular formula is C21H24Br2O5. The second-order valence-corrected chi connectivity index (χ2v) is 8.31. The first kappa shape index (κ1) is 22.6. The zero-order valence-electron chi connectivity index (χ0n) is 16.3. The number of rotatable bonds is 10. The van der Waals surface area contributed by atoms with Gasteiger partial charge in [-0.3, -0.25) is 4.79 Å². The third-order valence-corrected chi connectivity index (χ3v) is 6.00. The van der Waals surface area contributed by atoms with E-state index in [0.29, 0.717) is 35.8 Å². The fourth-order valence-corrected chi connectivity index (χ4v) is 4.31. The third kappa shape index (κ3) is 5.64. The van der Waals surface area contributed by atoms with Gasteiger partial charge in [0.2, 0.25) is 0 Å². The van der Waals surface area contributed by atoms with Crippen LogP contribution in [-0.2, 0) is 4.79 Å². The van der Waals surface area contributed by atoms with Crippen molar-refractivity contribution in [3.63, 3.8) is 0 Å². The molecule has 28 heavy (non-hydrogen) atoms. The first-order valence-corrected chi connectivity index (χ1v) is 10.5. The van der Waals surface area contributed by atoms with Crippen molar-refractivity contribution in [3.05, 3.63) is 47.5 Å². The molecule has 2 aromatic carbocycles. The largest absolute Gasteiger partial charge is 0.497 e. The van der Waals surface area contributed by atoms with Crippen molar-refractivity contribution >= 4 is 37.6 Å². The zero-order chi connectivity index (χ0) is 20.7. The first-order valence-electron chi connectivity index (χ1n) is 8.67. The zero-order valence-corrected chi connectivity index (χ0v) is 19.5. The Morgan fingerprint density at radius 3 is 1.46 bits per heavy atom. The van der Waals surface area contributed by atoms with E-state index in [1.54, 1.807) is 28.4 Å². The predicted octanol–water partition coefficient (Wildman–Crippen LogP) is 5.64. The Bertz CT molecular complexity index is 744. The molecule has 0 saturated carbocycles. The highest BCUT2D eigenvalue weighted by Gasteiger charge is 2.22. The average molecular weight is 516 g/mol. The Labute approximate surface area is 182 Å². The third-order valence-electron chi connectivity index (χ3n) is 4.36. The maximum Gasteiger partial charge on any atom is 0.135 e. The van der Waals surface area contributed by atoms with Crippen LogP contribution in [0.3, 0.4) is 0 Å². The molecule has 2 unspecified atom stereocenters. The van der Waals surface area contributed by atoms with Gasteiger partial charge < -0.3 is 18.9 Å². The highest BCUT2D eigenvalue weighted by molar-refractivity contribution is 9.09. The molecule has 0 aromatic heterocycles. The maximum atomic E-state index is 12.7. The highest BCUT2D eigenvalue weighted by atomic mass is 79.9. The summed E-state index contributed by atoms with van der Waals surface area (Å²) >= 11 is 7.24. The van der Waals surface area contributed by atoms with Crippen molar-refractivity contribution in [3.8, 4) is 23.0 Å². The number of carbonyl (C=O) groups is 1. The quantitative estimate of drug-likeness (QED) is 0.383. The molecule has 152 valence electrons. The van der Waals surface area contributed by atoms with Crippen molar-refractivity contribution in [1.29, 1.82) is 0 Å². The van der Waals surface area contributed by atoms with E-state index in [2.05, 4.69) is 31.9 Å². The topological polar surface area (TPSA) is 54.0 Å². The molecule has 2 aromatic rings. The summed E-state index contributed by atoms with van der Waals surface area (Å²) in [6.45, 7) is 0. The summed E-state index contributed by atoms with van der Waals surface area (Å²) in [6.07, 6.45) is 0.635. The molecule has 0 amide bonds. The van der Waals surface area contributed by atoms with Gasteiger partial charge in [-0.05, 0) is 36.4 Å². The fourth-order valence-electron chi connectivity index (χ4n) is 2.87. The van der Waals surface area contributed by atoms with Crippen molar-refractivity contribution < 1.29 is 23.7 Å². The number of ether oxygens (including phenoxy) is 4. The van der Waals surface area contributed by atoms with Crippen molar-refractivity contribution in [2.24, 2.45) is 0 Å². The minimum absolute atomic E-state index is 0.0958. The molecule has 0 aliphatic carbocycles. The van der Waals surface area contributed by atoms with Gasteiger partial charge >= 0.3 is 0 Å². The number of alkyl halides is 2. The van der Waals surface area contributed by atoms with Gasteiger partial charge in [-0.1, -0.05) is 31.9 Å². The first-order chi connectivity index (χ1) is 13.4. The molecule has 0 radical (unpaired) electrons. The van der Waals surface area contributed by atoms with E-state index in [9.17, 15) is 4.79 Å². The van der Waals surface area contributed by atoms with Crippen LogP contribution in [0.25, 0.3) is 0 Å². The molecule has 0 heterocycles. The summed E-state index contributed by atoms with van der Waals surface area (Å²) in [5.41, 5.74) is 1.75. The number of ketones is 1. The maximum absolute atomic E-state index is 12.7. The summed E-state index contributed by atoms with van der Waals surface area (Å²) in [6, 6.07) is 11.1. The van der Waals surface area contributed by atoms with Crippen LogP contribution in [0, 0.1) is 0 Å². The normalized spacial score (nSPS) is 12.8. The number of benzene rings is 2. The number of methoxy groups -OCH3 is 4. The molecule has 2 rings (SSSR count). The molecule has 0 saturated heterocycles. The van der Waals surface area contributed by atoms with Gasteiger partial charge in [0, 0.05) is 24.0 Å². The Morgan fingerprint density at radius 1 is 0.750 bits per heavy atom. The monoisotopic (exact) mass is 514 g/mol. The molecule has 0 aliphatic rings. The lowest BCUT2D eigenvalue weighted by Crippen LogP contribution is -2.08. The second kappa shape index (κ2) is 10.7. The lowest BCUT2D eigenvalue weighted by atomic mass is 10.0. The SMILES string of the molecule is COc1ccc(OC)c(C(Br)CC(=O)CC(Br)c2cc(OC)ccc2OC)c1. The van der Waals surface area contributed by atoms with Crippen LogP contribution in [0.4, 0.5) is 0 Å². The second-order valence-electron chi connectivity index (χ2n) is 6.10. The van der Waals surface area contributed by atoms with Crippen molar-refractivity contribution in [2.75, 3.05) is 28.4 Å². The van der Waals surface area contributed by atoms with E-state index in [1.165, 1.54) is 0 Å². The summed E-state index contributed by atoms with van der Waals surface area (Å²) < 4.78 is 21.4. The summed E-state index contributed by atoms with van der Waals surface area (Å²) in [5.74, 6) is 2.94. The van der Waals surface area contributed by atoms with Gasteiger partial charge in [-0.2, -0.15) is 0 Å². The van der Waals surface area contributed by atoms with E-state index >= 15 is 0 Å². The number of halogens is 2. The predicted molar refractivity (Wildman–Crippen MR) is 117 cm³/mol. The van der Waals surface area contributed by atoms with E-state index in [4.69, 9.17) is 18.9 Å². The molecule has 0 bridgehead atoms. The van der Waals surface area contributed by atoms with E-state index in [0.717, 1.165) is 11.1 Å². The Hall–Kier alpha value is -1.73. The van der Waals surface area contributed by atoms with Gasteiger partial charge in [-0.15, -0.1) is 0 Å². The van der Waals surface area contributed by atoms with Crippen LogP contribution >= 0.6 is 31.9 Å². The smallest absolute Gasteiger partial charge is 0.135 e. The van der Waals surface area contributed by atoms with Crippen LogP contribution in [0.1, 0.15) is 33.6 Å².